The lowest BCUT2D eigenvalue weighted by Gasteiger charge is -2.19. The Hall–Kier alpha value is -3.22. The largest absolute Gasteiger partial charge is 0.493 e. The van der Waals surface area contributed by atoms with Gasteiger partial charge >= 0.3 is 6.09 Å². The molecule has 2 aromatic rings. The Balaban J connectivity index is 1.78. The van der Waals surface area contributed by atoms with Crippen LogP contribution in [0.3, 0.4) is 0 Å². The molecule has 0 atom stereocenters. The second kappa shape index (κ2) is 11.1. The number of alkyl carbamates (subject to hydrolysis) is 1. The summed E-state index contributed by atoms with van der Waals surface area (Å²) >= 11 is 0. The van der Waals surface area contributed by atoms with Crippen LogP contribution in [0.2, 0.25) is 0 Å². The maximum Gasteiger partial charge on any atom is 0.407 e. The first kappa shape index (κ1) is 23.1. The fourth-order valence-electron chi connectivity index (χ4n) is 2.56. The third-order valence-corrected chi connectivity index (χ3v) is 3.98. The van der Waals surface area contributed by atoms with Crippen molar-refractivity contribution in [3.63, 3.8) is 0 Å². The molecule has 0 aliphatic carbocycles. The highest BCUT2D eigenvalue weighted by Gasteiger charge is 2.16. The highest BCUT2D eigenvalue weighted by atomic mass is 16.6. The molecule has 30 heavy (non-hydrogen) atoms. The molecule has 0 saturated heterocycles. The quantitative estimate of drug-likeness (QED) is 0.652. The molecule has 0 aromatic heterocycles. The molecular formula is C23H30N2O5. The van der Waals surface area contributed by atoms with Gasteiger partial charge in [0.25, 0.3) is 0 Å². The Bertz CT molecular complexity index is 831. The van der Waals surface area contributed by atoms with Gasteiger partial charge in [0.1, 0.15) is 12.2 Å². The van der Waals surface area contributed by atoms with Crippen LogP contribution in [0.1, 0.15) is 38.3 Å². The maximum absolute atomic E-state index is 12.0. The molecule has 2 amide bonds. The van der Waals surface area contributed by atoms with E-state index < -0.39 is 11.7 Å². The SMILES string of the molecule is COc1cc(CNC(=O)CCNC(=O)OC(C)(C)C)ccc1OCc1ccccc1. The second-order valence-electron chi connectivity index (χ2n) is 7.71. The van der Waals surface area contributed by atoms with Crippen LogP contribution in [0, 0.1) is 0 Å². The van der Waals surface area contributed by atoms with Gasteiger partial charge < -0.3 is 24.8 Å². The molecule has 162 valence electrons. The van der Waals surface area contributed by atoms with E-state index >= 15 is 0 Å². The molecule has 2 rings (SSSR count). The number of hydrogen-bond donors (Lipinski definition) is 2. The predicted octanol–water partition coefficient (Wildman–Crippen LogP) is 3.81. The number of methoxy groups -OCH3 is 1. The monoisotopic (exact) mass is 414 g/mol. The van der Waals surface area contributed by atoms with Crippen LogP contribution in [0.15, 0.2) is 48.5 Å². The molecule has 7 nitrogen and oxygen atoms in total. The van der Waals surface area contributed by atoms with Crippen molar-refractivity contribution in [2.45, 2.75) is 45.9 Å². The standard InChI is InChI=1S/C23H30N2O5/c1-23(2,3)30-22(27)24-13-12-21(26)25-15-18-10-11-19(20(14-18)28-4)29-16-17-8-6-5-7-9-17/h5-11,14H,12-13,15-16H2,1-4H3,(H,24,27)(H,25,26). The molecule has 0 bridgehead atoms. The van der Waals surface area contributed by atoms with Gasteiger partial charge in [0, 0.05) is 19.5 Å². The van der Waals surface area contributed by atoms with E-state index in [0.29, 0.717) is 24.7 Å². The van der Waals surface area contributed by atoms with Crippen molar-refractivity contribution in [2.75, 3.05) is 13.7 Å². The highest BCUT2D eigenvalue weighted by molar-refractivity contribution is 5.77. The molecule has 7 heteroatoms. The summed E-state index contributed by atoms with van der Waals surface area (Å²) in [6.07, 6.45) is -0.375. The molecule has 2 N–H and O–H groups in total. The van der Waals surface area contributed by atoms with Gasteiger partial charge in [0.2, 0.25) is 5.91 Å². The molecule has 0 aliphatic rings. The van der Waals surface area contributed by atoms with E-state index in [1.807, 2.05) is 48.5 Å². The van der Waals surface area contributed by atoms with Gasteiger partial charge in [-0.1, -0.05) is 36.4 Å². The fourth-order valence-corrected chi connectivity index (χ4v) is 2.56. The van der Waals surface area contributed by atoms with Gasteiger partial charge in [0.15, 0.2) is 11.5 Å². The zero-order valence-electron chi connectivity index (χ0n) is 18.0. The van der Waals surface area contributed by atoms with E-state index in [1.54, 1.807) is 27.9 Å². The smallest absolute Gasteiger partial charge is 0.407 e. The summed E-state index contributed by atoms with van der Waals surface area (Å²) < 4.78 is 16.4. The Labute approximate surface area is 177 Å². The van der Waals surface area contributed by atoms with Crippen LogP contribution >= 0.6 is 0 Å². The van der Waals surface area contributed by atoms with Crippen LogP contribution < -0.4 is 20.1 Å². The van der Waals surface area contributed by atoms with E-state index in [2.05, 4.69) is 10.6 Å². The van der Waals surface area contributed by atoms with Crippen molar-refractivity contribution in [1.29, 1.82) is 0 Å². The minimum atomic E-state index is -0.567. The summed E-state index contributed by atoms with van der Waals surface area (Å²) in [6.45, 7) is 6.34. The summed E-state index contributed by atoms with van der Waals surface area (Å²) in [4.78, 5) is 23.6. The predicted molar refractivity (Wildman–Crippen MR) is 114 cm³/mol. The number of nitrogens with one attached hydrogen (secondary N) is 2. The first-order chi connectivity index (χ1) is 14.3. The van der Waals surface area contributed by atoms with Gasteiger partial charge in [-0.25, -0.2) is 4.79 Å². The first-order valence-electron chi connectivity index (χ1n) is 9.84. The van der Waals surface area contributed by atoms with E-state index in [0.717, 1.165) is 11.1 Å². The maximum atomic E-state index is 12.0. The average Bonchev–Trinajstić information content (AvgIpc) is 2.70. The van der Waals surface area contributed by atoms with Crippen LogP contribution in [-0.2, 0) is 22.7 Å². The highest BCUT2D eigenvalue weighted by Crippen LogP contribution is 2.28. The Kier molecular flexibility index (Phi) is 8.53. The van der Waals surface area contributed by atoms with Crippen molar-refractivity contribution >= 4 is 12.0 Å². The van der Waals surface area contributed by atoms with Crippen molar-refractivity contribution in [1.82, 2.24) is 10.6 Å². The Morgan fingerprint density at radius 1 is 0.933 bits per heavy atom. The lowest BCUT2D eigenvalue weighted by molar-refractivity contribution is -0.121. The molecule has 0 unspecified atom stereocenters. The normalized spacial score (nSPS) is 10.8. The zero-order valence-corrected chi connectivity index (χ0v) is 18.0. The average molecular weight is 415 g/mol. The molecule has 0 fully saturated rings. The van der Waals surface area contributed by atoms with Crippen molar-refractivity contribution in [2.24, 2.45) is 0 Å². The van der Waals surface area contributed by atoms with Gasteiger partial charge in [-0.3, -0.25) is 4.79 Å². The second-order valence-corrected chi connectivity index (χ2v) is 7.71. The summed E-state index contributed by atoms with van der Waals surface area (Å²) in [5.41, 5.74) is 1.38. The van der Waals surface area contributed by atoms with Crippen LogP contribution in [-0.4, -0.2) is 31.3 Å². The van der Waals surface area contributed by atoms with E-state index in [9.17, 15) is 9.59 Å². The van der Waals surface area contributed by atoms with Gasteiger partial charge in [-0.15, -0.1) is 0 Å². The number of carbonyl (C=O) groups excluding carboxylic acids is 2. The summed E-state index contributed by atoms with van der Waals surface area (Å²) in [5.74, 6) is 1.07. The van der Waals surface area contributed by atoms with Crippen molar-refractivity contribution < 1.29 is 23.8 Å². The molecular weight excluding hydrogens is 384 g/mol. The number of ether oxygens (including phenoxy) is 3. The van der Waals surface area contributed by atoms with Crippen LogP contribution in [0.5, 0.6) is 11.5 Å². The third kappa shape index (κ3) is 8.43. The number of rotatable bonds is 9. The molecule has 0 saturated carbocycles. The topological polar surface area (TPSA) is 85.9 Å². The Morgan fingerprint density at radius 2 is 1.67 bits per heavy atom. The van der Waals surface area contributed by atoms with Gasteiger partial charge in [-0.2, -0.15) is 0 Å². The molecule has 0 radical (unpaired) electrons. The van der Waals surface area contributed by atoms with Gasteiger partial charge in [0.05, 0.1) is 7.11 Å². The van der Waals surface area contributed by atoms with Crippen molar-refractivity contribution in [3.8, 4) is 11.5 Å². The van der Waals surface area contributed by atoms with E-state index in [-0.39, 0.29) is 18.9 Å². The molecule has 0 spiro atoms. The fraction of sp³-hybridized carbons (Fsp3) is 0.391. The minimum absolute atomic E-state index is 0.161. The number of carbonyl (C=O) groups is 2. The zero-order chi connectivity index (χ0) is 22.0. The van der Waals surface area contributed by atoms with E-state index in [1.165, 1.54) is 0 Å². The van der Waals surface area contributed by atoms with Crippen LogP contribution in [0.4, 0.5) is 4.79 Å². The number of hydrogen-bond acceptors (Lipinski definition) is 5. The lowest BCUT2D eigenvalue weighted by atomic mass is 10.2. The Morgan fingerprint density at radius 3 is 2.33 bits per heavy atom. The summed E-state index contributed by atoms with van der Waals surface area (Å²) in [6, 6.07) is 15.4. The third-order valence-electron chi connectivity index (χ3n) is 3.98. The lowest BCUT2D eigenvalue weighted by Crippen LogP contribution is -2.35. The first-order valence-corrected chi connectivity index (χ1v) is 9.84. The summed E-state index contributed by atoms with van der Waals surface area (Å²) in [7, 11) is 1.58. The number of amides is 2. The molecule has 2 aromatic carbocycles. The molecule has 0 aliphatic heterocycles. The van der Waals surface area contributed by atoms with Crippen LogP contribution in [0.25, 0.3) is 0 Å². The minimum Gasteiger partial charge on any atom is -0.493 e. The summed E-state index contributed by atoms with van der Waals surface area (Å²) in [5, 5.41) is 5.39. The molecule has 0 heterocycles. The number of benzene rings is 2. The van der Waals surface area contributed by atoms with Gasteiger partial charge in [-0.05, 0) is 44.0 Å². The van der Waals surface area contributed by atoms with Crippen molar-refractivity contribution in [3.05, 3.63) is 59.7 Å². The van der Waals surface area contributed by atoms with E-state index in [4.69, 9.17) is 14.2 Å².